The van der Waals surface area contributed by atoms with Crippen molar-refractivity contribution in [2.24, 2.45) is 0 Å². The summed E-state index contributed by atoms with van der Waals surface area (Å²) in [5, 5.41) is 24.6. The van der Waals surface area contributed by atoms with Crippen LogP contribution in [0.25, 0.3) is 0 Å². The Hall–Kier alpha value is 0.610. The molecule has 3 nitrogen and oxygen atoms in total. The second kappa shape index (κ2) is 2.25. The van der Waals surface area contributed by atoms with Crippen molar-refractivity contribution in [3.8, 4) is 0 Å². The number of hydrogen-bond acceptors (Lipinski definition) is 3. The highest BCUT2D eigenvalue weighted by Gasteiger charge is 2.24. The van der Waals surface area contributed by atoms with Gasteiger partial charge in [-0.2, -0.15) is 0 Å². The fourth-order valence-corrected chi connectivity index (χ4v) is 0. The predicted molar refractivity (Wildman–Crippen MR) is 32.9 cm³/mol. The van der Waals surface area contributed by atoms with E-state index in [0.717, 1.165) is 0 Å². The van der Waals surface area contributed by atoms with Crippen LogP contribution in [-0.4, -0.2) is 25.2 Å². The van der Waals surface area contributed by atoms with Crippen molar-refractivity contribution in [1.29, 1.82) is 0 Å². The zero-order valence-electron chi connectivity index (χ0n) is 3.80. The first-order valence-corrected chi connectivity index (χ1v) is 3.00. The number of hydrogen-bond donors (Lipinski definition) is 3. The van der Waals surface area contributed by atoms with Crippen molar-refractivity contribution in [3.63, 3.8) is 0 Å². The zero-order chi connectivity index (χ0) is 6.08. The van der Waals surface area contributed by atoms with E-state index in [1.807, 2.05) is 0 Å². The average molecular weight is 218 g/mol. The van der Waals surface area contributed by atoms with Gasteiger partial charge in [-0.25, -0.2) is 0 Å². The third-order valence-electron chi connectivity index (χ3n) is 0.534. The minimum atomic E-state index is -2.51. The van der Waals surface area contributed by atoms with E-state index in [2.05, 4.69) is 0 Å². The molecule has 0 amide bonds. The smallest absolute Gasteiger partial charge is 0.287 e. The summed E-state index contributed by atoms with van der Waals surface area (Å²) in [4.78, 5) is 0. The van der Waals surface area contributed by atoms with Gasteiger partial charge in [0.05, 0.1) is 3.92 Å². The van der Waals surface area contributed by atoms with Crippen LogP contribution in [0.15, 0.2) is 0 Å². The molecule has 1 atom stereocenters. The maximum Gasteiger partial charge on any atom is 0.287 e. The van der Waals surface area contributed by atoms with Gasteiger partial charge in [0.1, 0.15) is 0 Å². The summed E-state index contributed by atoms with van der Waals surface area (Å²) in [7, 11) is 0. The Balaban J connectivity index is 3.54. The molecule has 3 N–H and O–H groups in total. The van der Waals surface area contributed by atoms with Crippen LogP contribution in [0.5, 0.6) is 0 Å². The van der Waals surface area contributed by atoms with E-state index < -0.39 is 9.90 Å². The lowest BCUT2D eigenvalue weighted by Crippen LogP contribution is -2.35. The molecule has 0 bridgehead atoms. The molecule has 0 saturated carbocycles. The van der Waals surface area contributed by atoms with Crippen LogP contribution in [0.4, 0.5) is 0 Å². The summed E-state index contributed by atoms with van der Waals surface area (Å²) >= 11 is 1.70. The fourth-order valence-electron chi connectivity index (χ4n) is 0. The first kappa shape index (κ1) is 7.61. The maximum absolute atomic E-state index is 8.20. The van der Waals surface area contributed by atoms with Crippen LogP contribution < -0.4 is 0 Å². The first-order valence-electron chi connectivity index (χ1n) is 1.76. The van der Waals surface area contributed by atoms with E-state index in [1.54, 1.807) is 22.6 Å². The van der Waals surface area contributed by atoms with E-state index in [4.69, 9.17) is 15.3 Å². The van der Waals surface area contributed by atoms with E-state index >= 15 is 0 Å². The summed E-state index contributed by atoms with van der Waals surface area (Å²) in [6, 6.07) is 0. The summed E-state index contributed by atoms with van der Waals surface area (Å²) in [6.45, 7) is 1.49. The highest BCUT2D eigenvalue weighted by molar-refractivity contribution is 14.1. The molecule has 0 saturated heterocycles. The summed E-state index contributed by atoms with van der Waals surface area (Å²) in [6.07, 6.45) is 0. The van der Waals surface area contributed by atoms with Crippen LogP contribution in [0.3, 0.4) is 0 Å². The van der Waals surface area contributed by atoms with Crippen LogP contribution in [0.2, 0.25) is 0 Å². The van der Waals surface area contributed by atoms with Gasteiger partial charge in [-0.3, -0.25) is 0 Å². The number of rotatable bonds is 1. The molecule has 0 aliphatic heterocycles. The lowest BCUT2D eigenvalue weighted by atomic mass is 10.4. The topological polar surface area (TPSA) is 60.7 Å². The van der Waals surface area contributed by atoms with Gasteiger partial charge in [0.2, 0.25) is 0 Å². The standard InChI is InChI=1S/C3H7IO3/c1-2(4)3(5,6)7/h2,5-7H,1H3. The van der Waals surface area contributed by atoms with Crippen molar-refractivity contribution < 1.29 is 15.3 Å². The third kappa shape index (κ3) is 3.22. The van der Waals surface area contributed by atoms with Gasteiger partial charge in [0.15, 0.2) is 0 Å². The van der Waals surface area contributed by atoms with E-state index in [1.165, 1.54) is 6.92 Å². The Labute approximate surface area is 55.1 Å². The minimum absolute atomic E-state index is 0.565. The Kier molecular flexibility index (Phi) is 2.45. The van der Waals surface area contributed by atoms with Crippen molar-refractivity contribution in [3.05, 3.63) is 0 Å². The molecule has 1 unspecified atom stereocenters. The molecule has 0 fully saturated rings. The maximum atomic E-state index is 8.20. The van der Waals surface area contributed by atoms with Gasteiger partial charge < -0.3 is 15.3 Å². The number of aliphatic hydroxyl groups is 3. The van der Waals surface area contributed by atoms with Crippen molar-refractivity contribution in [2.75, 3.05) is 0 Å². The molecule has 0 aromatic rings. The molecule has 4 heteroatoms. The second-order valence-corrected chi connectivity index (χ2v) is 3.17. The molecule has 44 valence electrons. The van der Waals surface area contributed by atoms with Crippen molar-refractivity contribution >= 4 is 22.6 Å². The predicted octanol–water partition coefficient (Wildman–Crippen LogP) is -0.559. The molecule has 0 aliphatic rings. The Bertz CT molecular complexity index is 55.7. The summed E-state index contributed by atoms with van der Waals surface area (Å²) in [5.41, 5.74) is 0. The van der Waals surface area contributed by atoms with E-state index in [9.17, 15) is 0 Å². The summed E-state index contributed by atoms with van der Waals surface area (Å²) < 4.78 is -0.565. The SMILES string of the molecule is CC(I)C(O)(O)O. The lowest BCUT2D eigenvalue weighted by Gasteiger charge is -2.15. The zero-order valence-corrected chi connectivity index (χ0v) is 5.95. The van der Waals surface area contributed by atoms with Gasteiger partial charge in [-0.05, 0) is 6.92 Å². The van der Waals surface area contributed by atoms with Crippen LogP contribution in [0, 0.1) is 0 Å². The van der Waals surface area contributed by atoms with Crippen LogP contribution in [0.1, 0.15) is 6.92 Å². The molecule has 0 heterocycles. The highest BCUT2D eigenvalue weighted by Crippen LogP contribution is 2.10. The van der Waals surface area contributed by atoms with Crippen LogP contribution in [-0.2, 0) is 0 Å². The molecule has 0 aromatic heterocycles. The van der Waals surface area contributed by atoms with Crippen LogP contribution >= 0.6 is 22.6 Å². The Morgan fingerprint density at radius 1 is 1.43 bits per heavy atom. The summed E-state index contributed by atoms with van der Waals surface area (Å²) in [5.74, 6) is -2.51. The van der Waals surface area contributed by atoms with Crippen molar-refractivity contribution in [1.82, 2.24) is 0 Å². The first-order chi connectivity index (χ1) is 2.94. The molecule has 0 rings (SSSR count). The molecule has 0 aromatic carbocycles. The largest absolute Gasteiger partial charge is 0.343 e. The molecular weight excluding hydrogens is 211 g/mol. The van der Waals surface area contributed by atoms with Gasteiger partial charge in [0.25, 0.3) is 5.97 Å². The molecule has 0 radical (unpaired) electrons. The average Bonchev–Trinajstić information content (AvgIpc) is 1.31. The van der Waals surface area contributed by atoms with Gasteiger partial charge in [-0.15, -0.1) is 0 Å². The number of halogens is 1. The monoisotopic (exact) mass is 218 g/mol. The molecular formula is C3H7IO3. The third-order valence-corrected chi connectivity index (χ3v) is 1.37. The highest BCUT2D eigenvalue weighted by atomic mass is 127. The van der Waals surface area contributed by atoms with E-state index in [-0.39, 0.29) is 0 Å². The van der Waals surface area contributed by atoms with Gasteiger partial charge in [0, 0.05) is 0 Å². The van der Waals surface area contributed by atoms with E-state index in [0.29, 0.717) is 0 Å². The molecule has 0 aliphatic carbocycles. The normalized spacial score (nSPS) is 16.7. The van der Waals surface area contributed by atoms with Gasteiger partial charge in [-0.1, -0.05) is 22.6 Å². The Morgan fingerprint density at radius 3 is 1.57 bits per heavy atom. The Morgan fingerprint density at radius 2 is 1.57 bits per heavy atom. The minimum Gasteiger partial charge on any atom is -0.343 e. The number of alkyl halides is 1. The molecule has 7 heavy (non-hydrogen) atoms. The van der Waals surface area contributed by atoms with Crippen molar-refractivity contribution in [2.45, 2.75) is 16.8 Å². The second-order valence-electron chi connectivity index (χ2n) is 1.30. The van der Waals surface area contributed by atoms with Gasteiger partial charge >= 0.3 is 0 Å². The fraction of sp³-hybridized carbons (Fsp3) is 1.00. The molecule has 0 spiro atoms. The lowest BCUT2D eigenvalue weighted by molar-refractivity contribution is -0.305. The quantitative estimate of drug-likeness (QED) is 0.314.